The van der Waals surface area contributed by atoms with Gasteiger partial charge in [-0.15, -0.1) is 0 Å². The first-order valence-corrected chi connectivity index (χ1v) is 5.25. The zero-order valence-electron chi connectivity index (χ0n) is 8.95. The van der Waals surface area contributed by atoms with Crippen molar-refractivity contribution < 1.29 is 5.11 Å². The van der Waals surface area contributed by atoms with Crippen LogP contribution in [0.4, 0.5) is 0 Å². The Kier molecular flexibility index (Phi) is 4.16. The van der Waals surface area contributed by atoms with Gasteiger partial charge < -0.3 is 10.4 Å². The van der Waals surface area contributed by atoms with Crippen molar-refractivity contribution in [3.8, 4) is 0 Å². The van der Waals surface area contributed by atoms with E-state index in [1.807, 2.05) is 7.05 Å². The van der Waals surface area contributed by atoms with Gasteiger partial charge in [-0.3, -0.25) is 4.90 Å². The van der Waals surface area contributed by atoms with Gasteiger partial charge in [0.2, 0.25) is 0 Å². The summed E-state index contributed by atoms with van der Waals surface area (Å²) in [5.74, 6) is 0.597. The van der Waals surface area contributed by atoms with Crippen molar-refractivity contribution in [3.05, 3.63) is 0 Å². The molecule has 78 valence electrons. The average molecular weight is 186 g/mol. The quantitative estimate of drug-likeness (QED) is 0.676. The molecule has 2 atom stereocenters. The Labute approximate surface area is 81.1 Å². The van der Waals surface area contributed by atoms with Gasteiger partial charge in [0.05, 0.1) is 0 Å². The second-order valence-electron chi connectivity index (χ2n) is 4.23. The first kappa shape index (κ1) is 11.0. The van der Waals surface area contributed by atoms with E-state index in [-0.39, 0.29) is 6.23 Å². The van der Waals surface area contributed by atoms with Crippen LogP contribution < -0.4 is 5.32 Å². The van der Waals surface area contributed by atoms with Gasteiger partial charge in [0.1, 0.15) is 6.23 Å². The SMILES string of the molecule is CNCC(C(C)C)N1CCC[C@@H]1O. The summed E-state index contributed by atoms with van der Waals surface area (Å²) in [6.07, 6.45) is 1.86. The molecule has 0 saturated carbocycles. The Morgan fingerprint density at radius 1 is 1.54 bits per heavy atom. The van der Waals surface area contributed by atoms with Crippen molar-refractivity contribution in [3.63, 3.8) is 0 Å². The molecular weight excluding hydrogens is 164 g/mol. The maximum Gasteiger partial charge on any atom is 0.107 e. The van der Waals surface area contributed by atoms with Crippen LogP contribution in [0.1, 0.15) is 26.7 Å². The highest BCUT2D eigenvalue weighted by Crippen LogP contribution is 2.21. The number of hydrogen-bond acceptors (Lipinski definition) is 3. The minimum atomic E-state index is -0.208. The second kappa shape index (κ2) is 4.94. The Bertz CT molecular complexity index is 150. The monoisotopic (exact) mass is 186 g/mol. The molecule has 0 aliphatic carbocycles. The molecule has 0 aromatic heterocycles. The van der Waals surface area contributed by atoms with Crippen LogP contribution in [-0.2, 0) is 0 Å². The molecule has 0 amide bonds. The molecule has 1 fully saturated rings. The number of aliphatic hydroxyl groups is 1. The molecule has 1 aliphatic heterocycles. The van der Waals surface area contributed by atoms with Crippen LogP contribution in [0, 0.1) is 5.92 Å². The van der Waals surface area contributed by atoms with Gasteiger partial charge in [-0.25, -0.2) is 0 Å². The van der Waals surface area contributed by atoms with E-state index in [1.54, 1.807) is 0 Å². The van der Waals surface area contributed by atoms with Crippen LogP contribution in [0.5, 0.6) is 0 Å². The highest BCUT2D eigenvalue weighted by Gasteiger charge is 2.30. The first-order chi connectivity index (χ1) is 6.16. The summed E-state index contributed by atoms with van der Waals surface area (Å²) in [5.41, 5.74) is 0. The molecule has 0 spiro atoms. The highest BCUT2D eigenvalue weighted by atomic mass is 16.3. The van der Waals surface area contributed by atoms with E-state index in [1.165, 1.54) is 0 Å². The number of nitrogens with one attached hydrogen (secondary N) is 1. The van der Waals surface area contributed by atoms with Gasteiger partial charge >= 0.3 is 0 Å². The molecule has 1 aliphatic rings. The lowest BCUT2D eigenvalue weighted by atomic mass is 10.0. The van der Waals surface area contributed by atoms with Gasteiger partial charge in [0.25, 0.3) is 0 Å². The number of likely N-dealkylation sites (N-methyl/N-ethyl adjacent to an activating group) is 1. The van der Waals surface area contributed by atoms with E-state index in [2.05, 4.69) is 24.1 Å². The predicted molar refractivity (Wildman–Crippen MR) is 54.5 cm³/mol. The highest BCUT2D eigenvalue weighted by molar-refractivity contribution is 4.82. The molecule has 0 radical (unpaired) electrons. The third kappa shape index (κ3) is 2.66. The minimum absolute atomic E-state index is 0.208. The summed E-state index contributed by atoms with van der Waals surface area (Å²) in [4.78, 5) is 2.22. The minimum Gasteiger partial charge on any atom is -0.378 e. The number of likely N-dealkylation sites (tertiary alicyclic amines) is 1. The van der Waals surface area contributed by atoms with E-state index in [0.29, 0.717) is 12.0 Å². The first-order valence-electron chi connectivity index (χ1n) is 5.25. The number of rotatable bonds is 4. The van der Waals surface area contributed by atoms with E-state index in [9.17, 15) is 5.11 Å². The summed E-state index contributed by atoms with van der Waals surface area (Å²) in [6.45, 7) is 6.44. The molecule has 1 saturated heterocycles. The van der Waals surface area contributed by atoms with Crippen molar-refractivity contribution in [2.24, 2.45) is 5.92 Å². The molecule has 2 N–H and O–H groups in total. The van der Waals surface area contributed by atoms with Gasteiger partial charge in [-0.1, -0.05) is 13.8 Å². The lowest BCUT2D eigenvalue weighted by Gasteiger charge is -2.33. The lowest BCUT2D eigenvalue weighted by Crippen LogP contribution is -2.47. The largest absolute Gasteiger partial charge is 0.378 e. The summed E-state index contributed by atoms with van der Waals surface area (Å²) in [5, 5.41) is 12.9. The van der Waals surface area contributed by atoms with E-state index < -0.39 is 0 Å². The molecule has 1 heterocycles. The summed E-state index contributed by atoms with van der Waals surface area (Å²) in [7, 11) is 1.97. The smallest absolute Gasteiger partial charge is 0.107 e. The molecule has 3 nitrogen and oxygen atoms in total. The molecule has 0 aromatic rings. The summed E-state index contributed by atoms with van der Waals surface area (Å²) >= 11 is 0. The van der Waals surface area contributed by atoms with Gasteiger partial charge in [-0.05, 0) is 25.8 Å². The fraction of sp³-hybridized carbons (Fsp3) is 1.00. The Morgan fingerprint density at radius 2 is 2.23 bits per heavy atom. The van der Waals surface area contributed by atoms with Crippen molar-refractivity contribution in [2.75, 3.05) is 20.1 Å². The van der Waals surface area contributed by atoms with Crippen LogP contribution in [0.2, 0.25) is 0 Å². The average Bonchev–Trinajstić information content (AvgIpc) is 2.47. The van der Waals surface area contributed by atoms with E-state index in [4.69, 9.17) is 0 Å². The summed E-state index contributed by atoms with van der Waals surface area (Å²) < 4.78 is 0. The van der Waals surface area contributed by atoms with Crippen molar-refractivity contribution in [1.82, 2.24) is 10.2 Å². The lowest BCUT2D eigenvalue weighted by molar-refractivity contribution is -0.00408. The zero-order chi connectivity index (χ0) is 9.84. The topological polar surface area (TPSA) is 35.5 Å². The third-order valence-corrected chi connectivity index (χ3v) is 2.87. The molecule has 1 unspecified atom stereocenters. The Hall–Kier alpha value is -0.120. The van der Waals surface area contributed by atoms with E-state index >= 15 is 0 Å². The van der Waals surface area contributed by atoms with Crippen molar-refractivity contribution >= 4 is 0 Å². The maximum absolute atomic E-state index is 9.73. The number of nitrogens with zero attached hydrogens (tertiary/aromatic N) is 1. The normalized spacial score (nSPS) is 27.0. The Morgan fingerprint density at radius 3 is 2.62 bits per heavy atom. The van der Waals surface area contributed by atoms with Gasteiger partial charge in [0, 0.05) is 19.1 Å². The van der Waals surface area contributed by atoms with Crippen LogP contribution in [0.3, 0.4) is 0 Å². The fourth-order valence-electron chi connectivity index (χ4n) is 2.10. The van der Waals surface area contributed by atoms with Crippen LogP contribution >= 0.6 is 0 Å². The zero-order valence-corrected chi connectivity index (χ0v) is 8.95. The van der Waals surface area contributed by atoms with Gasteiger partial charge in [0.15, 0.2) is 0 Å². The standard InChI is InChI=1S/C10H22N2O/c1-8(2)9(7-11-3)12-6-4-5-10(12)13/h8-11,13H,4-7H2,1-3H3/t9?,10-/m0/s1. The molecule has 1 rings (SSSR count). The molecule has 13 heavy (non-hydrogen) atoms. The predicted octanol–water partition coefficient (Wildman–Crippen LogP) is 0.645. The van der Waals surface area contributed by atoms with Crippen LogP contribution in [-0.4, -0.2) is 42.4 Å². The molecular formula is C10H22N2O. The van der Waals surface area contributed by atoms with Crippen molar-refractivity contribution in [1.29, 1.82) is 0 Å². The van der Waals surface area contributed by atoms with E-state index in [0.717, 1.165) is 25.9 Å². The summed E-state index contributed by atoms with van der Waals surface area (Å²) in [6, 6.07) is 0.475. The number of aliphatic hydroxyl groups excluding tert-OH is 1. The number of hydrogen-bond donors (Lipinski definition) is 2. The van der Waals surface area contributed by atoms with Crippen LogP contribution in [0.25, 0.3) is 0 Å². The van der Waals surface area contributed by atoms with Crippen LogP contribution in [0.15, 0.2) is 0 Å². The maximum atomic E-state index is 9.73. The molecule has 0 aromatic carbocycles. The molecule has 0 bridgehead atoms. The molecule has 3 heteroatoms. The van der Waals surface area contributed by atoms with Crippen molar-refractivity contribution in [2.45, 2.75) is 39.0 Å². The fourth-order valence-corrected chi connectivity index (χ4v) is 2.10. The Balaban J connectivity index is 2.52. The third-order valence-electron chi connectivity index (χ3n) is 2.87. The van der Waals surface area contributed by atoms with Gasteiger partial charge in [-0.2, -0.15) is 0 Å². The second-order valence-corrected chi connectivity index (χ2v) is 4.23.